The molecule has 0 aromatic carbocycles. The first kappa shape index (κ1) is 23.3. The Hall–Kier alpha value is -2.86. The van der Waals surface area contributed by atoms with Crippen molar-refractivity contribution in [1.82, 2.24) is 24.8 Å². The highest BCUT2D eigenvalue weighted by atomic mass is 35.5. The van der Waals surface area contributed by atoms with E-state index in [2.05, 4.69) is 40.4 Å². The van der Waals surface area contributed by atoms with Crippen LogP contribution in [-0.2, 0) is 0 Å². The van der Waals surface area contributed by atoms with E-state index in [1.807, 2.05) is 19.9 Å². The molecule has 4 rings (SSSR count). The van der Waals surface area contributed by atoms with Crippen LogP contribution in [0.1, 0.15) is 21.1 Å². The average Bonchev–Trinajstić information content (AvgIpc) is 3.25. The number of piperazine rings is 1. The molecule has 10 nitrogen and oxygen atoms in total. The molecule has 174 valence electrons. The van der Waals surface area contributed by atoms with E-state index in [0.29, 0.717) is 38.9 Å². The second kappa shape index (κ2) is 10.4. The van der Waals surface area contributed by atoms with Crippen molar-refractivity contribution in [2.45, 2.75) is 13.8 Å². The number of thiazole rings is 1. The number of halogens is 1. The van der Waals surface area contributed by atoms with Gasteiger partial charge in [-0.1, -0.05) is 22.9 Å². The standard InChI is InChI=1S/C21H25ClN8O2S/c1-13-10-23-11-15(22)19(13)28-20(32)16-12-24-21(33-16)27-17-9-18(26-14(2)25-17)30-5-3-29(4-6-30)7-8-31/h9-12,31H,3-8H2,1-2H3,(H,23,28,32)(H,24,25,26,27). The molecule has 3 N–H and O–H groups in total. The Kier molecular flexibility index (Phi) is 7.33. The summed E-state index contributed by atoms with van der Waals surface area (Å²) in [4.78, 5) is 34.9. The number of carbonyl (C=O) groups excluding carboxylic acids is 1. The van der Waals surface area contributed by atoms with Crippen LogP contribution in [-0.4, -0.2) is 75.2 Å². The van der Waals surface area contributed by atoms with Gasteiger partial charge in [0.25, 0.3) is 5.91 Å². The highest BCUT2D eigenvalue weighted by Crippen LogP contribution is 2.28. The number of nitrogens with zero attached hydrogens (tertiary/aromatic N) is 6. The number of hydrogen-bond acceptors (Lipinski definition) is 10. The first-order valence-electron chi connectivity index (χ1n) is 10.5. The monoisotopic (exact) mass is 488 g/mol. The van der Waals surface area contributed by atoms with Gasteiger partial charge < -0.3 is 20.6 Å². The van der Waals surface area contributed by atoms with Crippen molar-refractivity contribution in [2.75, 3.05) is 54.9 Å². The van der Waals surface area contributed by atoms with Crippen LogP contribution < -0.4 is 15.5 Å². The van der Waals surface area contributed by atoms with E-state index in [4.69, 9.17) is 16.7 Å². The summed E-state index contributed by atoms with van der Waals surface area (Å²) in [5.41, 5.74) is 1.31. The molecule has 4 heterocycles. The van der Waals surface area contributed by atoms with E-state index >= 15 is 0 Å². The van der Waals surface area contributed by atoms with Gasteiger partial charge in [-0.05, 0) is 19.4 Å². The maximum absolute atomic E-state index is 12.7. The number of aliphatic hydroxyl groups excluding tert-OH is 1. The second-order valence-electron chi connectivity index (χ2n) is 7.63. The van der Waals surface area contributed by atoms with E-state index in [-0.39, 0.29) is 12.5 Å². The molecule has 1 aliphatic rings. The molecule has 0 atom stereocenters. The summed E-state index contributed by atoms with van der Waals surface area (Å²) >= 11 is 7.38. The highest BCUT2D eigenvalue weighted by Gasteiger charge is 2.19. The summed E-state index contributed by atoms with van der Waals surface area (Å²) in [5.74, 6) is 1.80. The second-order valence-corrected chi connectivity index (χ2v) is 9.07. The SMILES string of the molecule is Cc1nc(Nc2ncc(C(=O)Nc3c(C)cncc3Cl)s2)cc(N2CCN(CCO)CC2)n1. The smallest absolute Gasteiger partial charge is 0.267 e. The zero-order valence-corrected chi connectivity index (χ0v) is 19.9. The summed E-state index contributed by atoms with van der Waals surface area (Å²) in [6.45, 7) is 7.94. The Labute approximate surface area is 200 Å². The van der Waals surface area contributed by atoms with Gasteiger partial charge in [-0.2, -0.15) is 0 Å². The lowest BCUT2D eigenvalue weighted by Crippen LogP contribution is -2.47. The normalized spacial score (nSPS) is 14.4. The summed E-state index contributed by atoms with van der Waals surface area (Å²) in [6, 6.07) is 1.88. The number of aliphatic hydroxyl groups is 1. The third-order valence-corrected chi connectivity index (χ3v) is 6.43. The van der Waals surface area contributed by atoms with Crippen LogP contribution in [0, 0.1) is 13.8 Å². The van der Waals surface area contributed by atoms with Crippen molar-refractivity contribution < 1.29 is 9.90 Å². The van der Waals surface area contributed by atoms with Gasteiger partial charge in [-0.25, -0.2) is 15.0 Å². The molecule has 33 heavy (non-hydrogen) atoms. The van der Waals surface area contributed by atoms with Gasteiger partial charge in [0.2, 0.25) is 0 Å². The third-order valence-electron chi connectivity index (χ3n) is 5.23. The van der Waals surface area contributed by atoms with E-state index in [1.54, 1.807) is 6.20 Å². The first-order chi connectivity index (χ1) is 15.9. The number of rotatable bonds is 7. The number of β-amino-alcohol motifs (C(OH)–C–C–N with tert-alkyl or cyclic N) is 1. The fourth-order valence-electron chi connectivity index (χ4n) is 3.53. The number of aryl methyl sites for hydroxylation is 2. The Morgan fingerprint density at radius 2 is 1.97 bits per heavy atom. The van der Waals surface area contributed by atoms with Gasteiger partial charge in [-0.15, -0.1) is 0 Å². The summed E-state index contributed by atoms with van der Waals surface area (Å²) in [7, 11) is 0. The number of nitrogens with one attached hydrogen (secondary N) is 2. The van der Waals surface area contributed by atoms with Gasteiger partial charge in [0, 0.05) is 51.2 Å². The van der Waals surface area contributed by atoms with Gasteiger partial charge in [-0.3, -0.25) is 14.7 Å². The predicted octanol–water partition coefficient (Wildman–Crippen LogP) is 2.71. The number of pyridine rings is 1. The Bertz CT molecular complexity index is 1110. The molecule has 0 unspecified atom stereocenters. The van der Waals surface area contributed by atoms with Crippen LogP contribution >= 0.6 is 22.9 Å². The quantitative estimate of drug-likeness (QED) is 0.461. The Morgan fingerprint density at radius 1 is 1.18 bits per heavy atom. The number of carbonyl (C=O) groups is 1. The molecule has 12 heteroatoms. The highest BCUT2D eigenvalue weighted by molar-refractivity contribution is 7.17. The number of hydrogen-bond donors (Lipinski definition) is 3. The fraction of sp³-hybridized carbons (Fsp3) is 0.381. The molecule has 0 radical (unpaired) electrons. The van der Waals surface area contributed by atoms with Crippen LogP contribution in [0.5, 0.6) is 0 Å². The minimum atomic E-state index is -0.294. The van der Waals surface area contributed by atoms with Crippen molar-refractivity contribution in [2.24, 2.45) is 0 Å². The average molecular weight is 489 g/mol. The summed E-state index contributed by atoms with van der Waals surface area (Å²) in [6.07, 6.45) is 4.65. The molecule has 1 amide bonds. The van der Waals surface area contributed by atoms with Crippen LogP contribution in [0.15, 0.2) is 24.7 Å². The molecule has 3 aromatic heterocycles. The van der Waals surface area contributed by atoms with E-state index in [0.717, 1.165) is 37.6 Å². The summed E-state index contributed by atoms with van der Waals surface area (Å²) in [5, 5.41) is 16.1. The number of anilines is 4. The zero-order chi connectivity index (χ0) is 23.4. The zero-order valence-electron chi connectivity index (χ0n) is 18.4. The molecule has 1 aliphatic heterocycles. The van der Waals surface area contributed by atoms with E-state index in [9.17, 15) is 4.79 Å². The van der Waals surface area contributed by atoms with Gasteiger partial charge in [0.05, 0.1) is 23.5 Å². The molecule has 3 aromatic rings. The Morgan fingerprint density at radius 3 is 2.70 bits per heavy atom. The first-order valence-corrected chi connectivity index (χ1v) is 11.7. The lowest BCUT2D eigenvalue weighted by atomic mass is 10.2. The van der Waals surface area contributed by atoms with Crippen LogP contribution in [0.3, 0.4) is 0 Å². The molecule has 1 fully saturated rings. The molecule has 1 saturated heterocycles. The van der Waals surface area contributed by atoms with Crippen molar-refractivity contribution in [3.8, 4) is 0 Å². The maximum atomic E-state index is 12.7. The largest absolute Gasteiger partial charge is 0.395 e. The molecule has 0 bridgehead atoms. The van der Waals surface area contributed by atoms with Gasteiger partial charge >= 0.3 is 0 Å². The fourth-order valence-corrected chi connectivity index (χ4v) is 4.50. The van der Waals surface area contributed by atoms with E-state index < -0.39 is 0 Å². The lowest BCUT2D eigenvalue weighted by molar-refractivity contribution is 0.103. The van der Waals surface area contributed by atoms with Crippen molar-refractivity contribution in [3.05, 3.63) is 45.9 Å². The molecular weight excluding hydrogens is 464 g/mol. The minimum Gasteiger partial charge on any atom is -0.395 e. The van der Waals surface area contributed by atoms with Crippen LogP contribution in [0.4, 0.5) is 22.5 Å². The Balaban J connectivity index is 1.43. The van der Waals surface area contributed by atoms with E-state index in [1.165, 1.54) is 23.7 Å². The van der Waals surface area contributed by atoms with Crippen molar-refractivity contribution >= 4 is 51.3 Å². The minimum absolute atomic E-state index is 0.170. The molecule has 0 spiro atoms. The van der Waals surface area contributed by atoms with Crippen LogP contribution in [0.2, 0.25) is 5.02 Å². The topological polar surface area (TPSA) is 119 Å². The molecule has 0 saturated carbocycles. The molecule has 0 aliphatic carbocycles. The van der Waals surface area contributed by atoms with Crippen molar-refractivity contribution in [3.63, 3.8) is 0 Å². The third kappa shape index (κ3) is 5.74. The van der Waals surface area contributed by atoms with Crippen molar-refractivity contribution in [1.29, 1.82) is 0 Å². The number of amides is 1. The van der Waals surface area contributed by atoms with Gasteiger partial charge in [0.15, 0.2) is 5.13 Å². The summed E-state index contributed by atoms with van der Waals surface area (Å²) < 4.78 is 0. The molecular formula is C21H25ClN8O2S. The lowest BCUT2D eigenvalue weighted by Gasteiger charge is -2.35. The number of aromatic nitrogens is 4. The maximum Gasteiger partial charge on any atom is 0.267 e. The van der Waals surface area contributed by atoms with Crippen LogP contribution in [0.25, 0.3) is 0 Å². The van der Waals surface area contributed by atoms with Gasteiger partial charge in [0.1, 0.15) is 22.3 Å². The predicted molar refractivity (Wildman–Crippen MR) is 130 cm³/mol.